The van der Waals surface area contributed by atoms with E-state index >= 15 is 0 Å². The van der Waals surface area contributed by atoms with E-state index in [1.54, 1.807) is 31.2 Å². The highest BCUT2D eigenvalue weighted by Crippen LogP contribution is 2.30. The summed E-state index contributed by atoms with van der Waals surface area (Å²) < 4.78 is 16.1. The maximum Gasteiger partial charge on any atom is 0.337 e. The van der Waals surface area contributed by atoms with E-state index in [-0.39, 0.29) is 5.92 Å². The number of para-hydroxylation sites is 1. The molecule has 0 spiro atoms. The lowest BCUT2D eigenvalue weighted by Crippen LogP contribution is -2.46. The molecule has 0 saturated heterocycles. The van der Waals surface area contributed by atoms with Crippen molar-refractivity contribution in [2.45, 2.75) is 38.1 Å². The van der Waals surface area contributed by atoms with Gasteiger partial charge in [0.2, 0.25) is 0 Å². The van der Waals surface area contributed by atoms with Crippen LogP contribution in [0.15, 0.2) is 109 Å². The van der Waals surface area contributed by atoms with Gasteiger partial charge in [-0.3, -0.25) is 4.90 Å². The fraction of sp³-hybridized carbons (Fsp3) is 0.257. The molecule has 4 aromatic rings. The lowest BCUT2D eigenvalue weighted by Gasteiger charge is -2.35. The van der Waals surface area contributed by atoms with Crippen LogP contribution in [0, 0.1) is 0 Å². The molecule has 0 aromatic heterocycles. The maximum absolute atomic E-state index is 12.1. The summed E-state index contributed by atoms with van der Waals surface area (Å²) in [7, 11) is 2.72. The second kappa shape index (κ2) is 15.0. The van der Waals surface area contributed by atoms with Crippen molar-refractivity contribution in [3.8, 4) is 5.75 Å². The van der Waals surface area contributed by atoms with E-state index in [2.05, 4.69) is 17.0 Å². The number of nitrogens with zero attached hydrogens (tertiary/aromatic N) is 1. The molecule has 0 aliphatic heterocycles. The van der Waals surface area contributed by atoms with Crippen molar-refractivity contribution in [1.82, 2.24) is 4.90 Å². The van der Waals surface area contributed by atoms with Crippen LogP contribution >= 0.6 is 0 Å². The number of carbonyl (C=O) groups is 2. The predicted octanol–water partition coefficient (Wildman–Crippen LogP) is 6.07. The molecule has 0 aliphatic rings. The minimum Gasteiger partial charge on any atom is -0.472 e. The van der Waals surface area contributed by atoms with Gasteiger partial charge in [-0.2, -0.15) is 0 Å². The number of carbonyl (C=O) groups excluding carboxylic acids is 2. The Labute approximate surface area is 247 Å². The van der Waals surface area contributed by atoms with E-state index in [4.69, 9.17) is 14.2 Å². The Bertz CT molecular complexity index is 1350. The Morgan fingerprint density at radius 1 is 0.714 bits per heavy atom. The zero-order valence-electron chi connectivity index (χ0n) is 24.2. The number of hydrogen-bond donors (Lipinski definition) is 1. The molecule has 0 saturated carbocycles. The zero-order chi connectivity index (χ0) is 29.9. The molecule has 7 nitrogen and oxygen atoms in total. The van der Waals surface area contributed by atoms with Crippen LogP contribution in [0.4, 0.5) is 0 Å². The molecule has 0 amide bonds. The summed E-state index contributed by atoms with van der Waals surface area (Å²) in [5.74, 6) is -0.192. The van der Waals surface area contributed by atoms with E-state index < -0.39 is 24.3 Å². The van der Waals surface area contributed by atoms with Gasteiger partial charge in [0.15, 0.2) is 6.23 Å². The smallest absolute Gasteiger partial charge is 0.337 e. The number of hydrogen-bond acceptors (Lipinski definition) is 7. The first-order chi connectivity index (χ1) is 20.4. The molecule has 0 heterocycles. The summed E-state index contributed by atoms with van der Waals surface area (Å²) in [6.07, 6.45) is -0.703. The van der Waals surface area contributed by atoms with Crippen LogP contribution in [-0.4, -0.2) is 55.0 Å². The first kappa shape index (κ1) is 30.5. The fourth-order valence-electron chi connectivity index (χ4n) is 4.99. The van der Waals surface area contributed by atoms with Crippen molar-refractivity contribution in [1.29, 1.82) is 0 Å². The first-order valence-corrected chi connectivity index (χ1v) is 13.9. The van der Waals surface area contributed by atoms with E-state index in [0.29, 0.717) is 36.4 Å². The quantitative estimate of drug-likeness (QED) is 0.155. The standard InChI is InChI=1S/C35H37NO6/c1-25(37)33(42-31-12-8-5-9-13-31)36(24-26-10-6-4-7-11-26)23-22-32(27-14-18-29(19-15-27)34(38)40-2)28-16-20-30(21-17-28)35(39)41-3/h4-21,25,32-33,37H,22-24H2,1-3H3. The SMILES string of the molecule is COC(=O)c1ccc(C(CCN(Cc2ccccc2)C(Oc2ccccc2)C(C)O)c2ccc(C(=O)OC)cc2)cc1. The molecule has 218 valence electrons. The summed E-state index contributed by atoms with van der Waals surface area (Å²) in [5, 5.41) is 10.9. The Morgan fingerprint density at radius 3 is 1.64 bits per heavy atom. The lowest BCUT2D eigenvalue weighted by molar-refractivity contribution is -0.0633. The monoisotopic (exact) mass is 567 g/mol. The van der Waals surface area contributed by atoms with Crippen LogP contribution < -0.4 is 4.74 Å². The van der Waals surface area contributed by atoms with Crippen LogP contribution in [-0.2, 0) is 16.0 Å². The molecule has 2 unspecified atom stereocenters. The molecule has 0 fully saturated rings. The Morgan fingerprint density at radius 2 is 1.19 bits per heavy atom. The largest absolute Gasteiger partial charge is 0.472 e. The summed E-state index contributed by atoms with van der Waals surface area (Å²) in [6.45, 7) is 2.89. The van der Waals surface area contributed by atoms with E-state index in [0.717, 1.165) is 16.7 Å². The Kier molecular flexibility index (Phi) is 10.9. The normalized spacial score (nSPS) is 12.5. The van der Waals surface area contributed by atoms with Gasteiger partial charge in [-0.15, -0.1) is 0 Å². The zero-order valence-corrected chi connectivity index (χ0v) is 24.2. The molecule has 7 heteroatoms. The molecule has 4 aromatic carbocycles. The molecule has 4 rings (SSSR count). The highest BCUT2D eigenvalue weighted by molar-refractivity contribution is 5.89. The van der Waals surface area contributed by atoms with Crippen molar-refractivity contribution < 1.29 is 28.9 Å². The molecule has 2 atom stereocenters. The Balaban J connectivity index is 1.66. The van der Waals surface area contributed by atoms with E-state index in [9.17, 15) is 14.7 Å². The minimum atomic E-state index is -0.772. The lowest BCUT2D eigenvalue weighted by atomic mass is 9.87. The summed E-state index contributed by atoms with van der Waals surface area (Å²) in [4.78, 5) is 26.3. The third-order valence-corrected chi connectivity index (χ3v) is 7.17. The van der Waals surface area contributed by atoms with Gasteiger partial charge < -0.3 is 19.3 Å². The molecule has 1 N–H and O–H groups in total. The van der Waals surface area contributed by atoms with Gasteiger partial charge in [0.1, 0.15) is 11.9 Å². The van der Waals surface area contributed by atoms with Gasteiger partial charge in [0, 0.05) is 19.0 Å². The topological polar surface area (TPSA) is 85.3 Å². The third kappa shape index (κ3) is 8.06. The third-order valence-electron chi connectivity index (χ3n) is 7.17. The summed E-state index contributed by atoms with van der Waals surface area (Å²) >= 11 is 0. The molecule has 42 heavy (non-hydrogen) atoms. The average molecular weight is 568 g/mol. The number of methoxy groups -OCH3 is 2. The average Bonchev–Trinajstić information content (AvgIpc) is 3.04. The number of ether oxygens (including phenoxy) is 3. The van der Waals surface area contributed by atoms with Gasteiger partial charge in [0.25, 0.3) is 0 Å². The van der Waals surface area contributed by atoms with E-state index in [1.165, 1.54) is 14.2 Å². The van der Waals surface area contributed by atoms with Gasteiger partial charge in [0.05, 0.1) is 25.3 Å². The van der Waals surface area contributed by atoms with Crippen molar-refractivity contribution in [3.63, 3.8) is 0 Å². The fourth-order valence-corrected chi connectivity index (χ4v) is 4.99. The van der Waals surface area contributed by atoms with Gasteiger partial charge in [-0.1, -0.05) is 72.8 Å². The number of aliphatic hydroxyl groups is 1. The number of benzene rings is 4. The van der Waals surface area contributed by atoms with Crippen LogP contribution in [0.25, 0.3) is 0 Å². The molecular formula is C35H37NO6. The van der Waals surface area contributed by atoms with Crippen LogP contribution in [0.5, 0.6) is 5.75 Å². The van der Waals surface area contributed by atoms with Crippen LogP contribution in [0.1, 0.15) is 56.7 Å². The van der Waals surface area contributed by atoms with Crippen molar-refractivity contribution in [2.75, 3.05) is 20.8 Å². The molecule has 0 bridgehead atoms. The number of aliphatic hydroxyl groups excluding tert-OH is 1. The predicted molar refractivity (Wildman–Crippen MR) is 161 cm³/mol. The molecule has 0 radical (unpaired) electrons. The number of esters is 2. The highest BCUT2D eigenvalue weighted by atomic mass is 16.5. The highest BCUT2D eigenvalue weighted by Gasteiger charge is 2.27. The van der Waals surface area contributed by atoms with Gasteiger partial charge in [-0.25, -0.2) is 9.59 Å². The Hall–Kier alpha value is -4.46. The van der Waals surface area contributed by atoms with Gasteiger partial charge >= 0.3 is 11.9 Å². The van der Waals surface area contributed by atoms with Crippen molar-refractivity contribution >= 4 is 11.9 Å². The first-order valence-electron chi connectivity index (χ1n) is 13.9. The van der Waals surface area contributed by atoms with Gasteiger partial charge in [-0.05, 0) is 66.4 Å². The molecule has 0 aliphatic carbocycles. The summed E-state index contributed by atoms with van der Waals surface area (Å²) in [5.41, 5.74) is 4.05. The van der Waals surface area contributed by atoms with Crippen LogP contribution in [0.2, 0.25) is 0 Å². The van der Waals surface area contributed by atoms with Crippen molar-refractivity contribution in [2.24, 2.45) is 0 Å². The van der Waals surface area contributed by atoms with E-state index in [1.807, 2.05) is 72.8 Å². The summed E-state index contributed by atoms with van der Waals surface area (Å²) in [6, 6.07) is 34.3. The maximum atomic E-state index is 12.1. The minimum absolute atomic E-state index is 0.0759. The van der Waals surface area contributed by atoms with Crippen molar-refractivity contribution in [3.05, 3.63) is 137 Å². The van der Waals surface area contributed by atoms with Crippen LogP contribution in [0.3, 0.4) is 0 Å². The second-order valence-corrected chi connectivity index (χ2v) is 10.1. The number of rotatable bonds is 13. The molecular weight excluding hydrogens is 530 g/mol. The second-order valence-electron chi connectivity index (χ2n) is 10.1.